The smallest absolute Gasteiger partial charge is 0.325 e. The van der Waals surface area contributed by atoms with E-state index in [0.29, 0.717) is 29.1 Å². The molecule has 0 saturated heterocycles. The highest BCUT2D eigenvalue weighted by atomic mass is 32.1. The second-order valence-electron chi connectivity index (χ2n) is 6.73. The molecule has 7 nitrogen and oxygen atoms in total. The predicted octanol–water partition coefficient (Wildman–Crippen LogP) is 4.87. The summed E-state index contributed by atoms with van der Waals surface area (Å²) in [4.78, 5) is 24.8. The van der Waals surface area contributed by atoms with Crippen LogP contribution < -0.4 is 15.4 Å². The molecule has 0 saturated carbocycles. The molecule has 3 aromatic rings. The summed E-state index contributed by atoms with van der Waals surface area (Å²) in [5.41, 5.74) is 1.68. The molecule has 0 radical (unpaired) electrons. The van der Waals surface area contributed by atoms with Crippen molar-refractivity contribution in [2.24, 2.45) is 5.92 Å². The van der Waals surface area contributed by atoms with Crippen molar-refractivity contribution in [3.63, 3.8) is 0 Å². The third kappa shape index (κ3) is 5.26. The van der Waals surface area contributed by atoms with Crippen molar-refractivity contribution >= 4 is 40.8 Å². The average Bonchev–Trinajstić information content (AvgIpc) is 3.33. The molecule has 28 heavy (non-hydrogen) atoms. The fraction of sp³-hybridized carbons (Fsp3) is 0.316. The van der Waals surface area contributed by atoms with Crippen molar-refractivity contribution in [1.82, 2.24) is 15.0 Å². The van der Waals surface area contributed by atoms with E-state index in [1.54, 1.807) is 18.6 Å². The van der Waals surface area contributed by atoms with Crippen LogP contribution in [-0.2, 0) is 0 Å². The van der Waals surface area contributed by atoms with Gasteiger partial charge in [0.05, 0.1) is 17.5 Å². The summed E-state index contributed by atoms with van der Waals surface area (Å²) in [6.45, 7) is 6.71. The van der Waals surface area contributed by atoms with Crippen molar-refractivity contribution in [2.45, 2.75) is 26.0 Å². The van der Waals surface area contributed by atoms with Crippen molar-refractivity contribution in [3.05, 3.63) is 53.1 Å². The van der Waals surface area contributed by atoms with E-state index in [4.69, 9.17) is 4.74 Å². The van der Waals surface area contributed by atoms with Gasteiger partial charge in [0.1, 0.15) is 11.6 Å². The summed E-state index contributed by atoms with van der Waals surface area (Å²) in [6.07, 6.45) is 5.10. The number of amides is 2. The summed E-state index contributed by atoms with van der Waals surface area (Å²) in [7, 11) is 0. The van der Waals surface area contributed by atoms with Gasteiger partial charge in [-0.2, -0.15) is 12.6 Å². The van der Waals surface area contributed by atoms with Gasteiger partial charge >= 0.3 is 6.03 Å². The van der Waals surface area contributed by atoms with Gasteiger partial charge < -0.3 is 15.0 Å². The highest BCUT2D eigenvalue weighted by molar-refractivity contribution is 7.81. The number of rotatable bonds is 7. The van der Waals surface area contributed by atoms with E-state index in [9.17, 15) is 4.79 Å². The molecule has 0 aliphatic carbocycles. The van der Waals surface area contributed by atoms with E-state index in [0.717, 1.165) is 16.3 Å². The maximum absolute atomic E-state index is 12.4. The number of thiol groups is 1. The standard InChI is InChI=1S/C19H23N5O2S2/c1-11(2)10-26-14-8-12(3)4-5-13(14)23-18(25)24-19-22-9-15(28-19)16(27)17-20-6-7-21-17/h4-9,11,16,27H,10H2,1-3H3,(H,20,21)(H2,22,23,24,25). The van der Waals surface area contributed by atoms with Crippen molar-refractivity contribution in [3.8, 4) is 5.75 Å². The van der Waals surface area contributed by atoms with Crippen molar-refractivity contribution in [1.29, 1.82) is 0 Å². The number of H-pyrrole nitrogens is 1. The first-order chi connectivity index (χ1) is 13.4. The number of imidazole rings is 1. The van der Waals surface area contributed by atoms with Gasteiger partial charge in [-0.15, -0.1) is 11.3 Å². The largest absolute Gasteiger partial charge is 0.491 e. The zero-order valence-corrected chi connectivity index (χ0v) is 17.6. The maximum Gasteiger partial charge on any atom is 0.325 e. The predicted molar refractivity (Wildman–Crippen MR) is 116 cm³/mol. The van der Waals surface area contributed by atoms with Gasteiger partial charge in [-0.25, -0.2) is 14.8 Å². The molecule has 0 aliphatic rings. The Morgan fingerprint density at radius 1 is 1.32 bits per heavy atom. The zero-order chi connectivity index (χ0) is 20.1. The Bertz CT molecular complexity index is 924. The monoisotopic (exact) mass is 417 g/mol. The fourth-order valence-electron chi connectivity index (χ4n) is 2.39. The number of nitrogens with zero attached hydrogens (tertiary/aromatic N) is 2. The van der Waals surface area contributed by atoms with E-state index in [-0.39, 0.29) is 11.3 Å². The molecule has 9 heteroatoms. The molecule has 2 amide bonds. The van der Waals surface area contributed by atoms with Gasteiger partial charge in [0.15, 0.2) is 5.13 Å². The highest BCUT2D eigenvalue weighted by Crippen LogP contribution is 2.32. The Kier molecular flexibility index (Phi) is 6.58. The van der Waals surface area contributed by atoms with Crippen LogP contribution in [0.25, 0.3) is 0 Å². The number of urea groups is 1. The molecule has 0 bridgehead atoms. The Labute approximate surface area is 173 Å². The first kappa shape index (κ1) is 20.2. The van der Waals surface area contributed by atoms with E-state index < -0.39 is 0 Å². The number of hydrogen-bond donors (Lipinski definition) is 4. The molecular weight excluding hydrogens is 394 g/mol. The highest BCUT2D eigenvalue weighted by Gasteiger charge is 2.16. The minimum atomic E-state index is -0.382. The zero-order valence-electron chi connectivity index (χ0n) is 15.9. The molecule has 3 rings (SSSR count). The van der Waals surface area contributed by atoms with E-state index in [2.05, 4.69) is 52.1 Å². The molecule has 148 valence electrons. The molecule has 1 atom stereocenters. The summed E-state index contributed by atoms with van der Waals surface area (Å²) in [6, 6.07) is 5.29. The molecule has 2 heterocycles. The number of nitrogens with one attached hydrogen (secondary N) is 3. The topological polar surface area (TPSA) is 91.9 Å². The first-order valence-electron chi connectivity index (χ1n) is 8.87. The SMILES string of the molecule is Cc1ccc(NC(=O)Nc2ncc(C(S)c3ncc[nH]3)s2)c(OCC(C)C)c1. The second-order valence-corrected chi connectivity index (χ2v) is 8.31. The minimum absolute atomic E-state index is 0.223. The lowest BCUT2D eigenvalue weighted by molar-refractivity contribution is 0.260. The van der Waals surface area contributed by atoms with Gasteiger partial charge in [-0.1, -0.05) is 19.9 Å². The Morgan fingerprint density at radius 3 is 2.86 bits per heavy atom. The average molecular weight is 418 g/mol. The quantitative estimate of drug-likeness (QED) is 0.413. The van der Waals surface area contributed by atoms with Gasteiger partial charge in [-0.3, -0.25) is 5.32 Å². The number of anilines is 2. The number of aromatic nitrogens is 3. The molecule has 1 unspecified atom stereocenters. The first-order valence-corrected chi connectivity index (χ1v) is 10.2. The lowest BCUT2D eigenvalue weighted by Crippen LogP contribution is -2.20. The number of ether oxygens (including phenoxy) is 1. The summed E-state index contributed by atoms with van der Waals surface area (Å²) in [5.74, 6) is 1.77. The normalized spacial score (nSPS) is 12.0. The molecule has 0 fully saturated rings. The number of carbonyl (C=O) groups is 1. The van der Waals surface area contributed by atoms with Crippen LogP contribution in [0.15, 0.2) is 36.8 Å². The number of benzene rings is 1. The van der Waals surface area contributed by atoms with Gasteiger partial charge in [-0.05, 0) is 30.5 Å². The maximum atomic E-state index is 12.4. The third-order valence-corrected chi connectivity index (χ3v) is 5.42. The van der Waals surface area contributed by atoms with Crippen molar-refractivity contribution in [2.75, 3.05) is 17.2 Å². The number of hydrogen-bond acceptors (Lipinski definition) is 6. The van der Waals surface area contributed by atoms with Crippen molar-refractivity contribution < 1.29 is 9.53 Å². The molecule has 0 spiro atoms. The van der Waals surface area contributed by atoms with Gasteiger partial charge in [0, 0.05) is 23.5 Å². The van der Waals surface area contributed by atoms with Gasteiger partial charge in [0.2, 0.25) is 0 Å². The number of thiazole rings is 1. The van der Waals surface area contributed by atoms with Crippen LogP contribution in [0.4, 0.5) is 15.6 Å². The Morgan fingerprint density at radius 2 is 2.14 bits per heavy atom. The van der Waals surface area contributed by atoms with Gasteiger partial charge in [0.25, 0.3) is 0 Å². The number of aryl methyl sites for hydroxylation is 1. The summed E-state index contributed by atoms with van der Waals surface area (Å²) >= 11 is 5.90. The van der Waals surface area contributed by atoms with Crippen LogP contribution >= 0.6 is 24.0 Å². The lowest BCUT2D eigenvalue weighted by Gasteiger charge is -2.14. The van der Waals surface area contributed by atoms with Crippen LogP contribution in [0.1, 0.15) is 35.4 Å². The lowest BCUT2D eigenvalue weighted by atomic mass is 10.2. The Hall–Kier alpha value is -2.52. The Balaban J connectivity index is 1.65. The van der Waals surface area contributed by atoms with E-state index in [1.807, 2.05) is 25.1 Å². The number of carbonyl (C=O) groups excluding carboxylic acids is 1. The molecular formula is C19H23N5O2S2. The van der Waals surface area contributed by atoms with E-state index >= 15 is 0 Å². The summed E-state index contributed by atoms with van der Waals surface area (Å²) < 4.78 is 5.83. The fourth-order valence-corrected chi connectivity index (χ4v) is 3.56. The van der Waals surface area contributed by atoms with E-state index in [1.165, 1.54) is 11.3 Å². The number of aromatic amines is 1. The minimum Gasteiger partial charge on any atom is -0.491 e. The molecule has 2 aromatic heterocycles. The summed E-state index contributed by atoms with van der Waals surface area (Å²) in [5, 5.41) is 5.84. The van der Waals surface area contributed by atoms with Crippen LogP contribution in [0.3, 0.4) is 0 Å². The van der Waals surface area contributed by atoms with Crippen LogP contribution in [-0.4, -0.2) is 27.6 Å². The third-order valence-electron chi connectivity index (χ3n) is 3.75. The molecule has 0 aliphatic heterocycles. The van der Waals surface area contributed by atoms with Crippen LogP contribution in [0, 0.1) is 12.8 Å². The molecule has 3 N–H and O–H groups in total. The van der Waals surface area contributed by atoms with Crippen LogP contribution in [0.2, 0.25) is 0 Å². The molecule has 1 aromatic carbocycles. The van der Waals surface area contributed by atoms with Crippen LogP contribution in [0.5, 0.6) is 5.75 Å². The second kappa shape index (κ2) is 9.11.